The second kappa shape index (κ2) is 12.6. The van der Waals surface area contributed by atoms with Crippen LogP contribution in [0.5, 0.6) is 0 Å². The zero-order valence-corrected chi connectivity index (χ0v) is 24.9. The molecule has 4 heterocycles. The van der Waals surface area contributed by atoms with E-state index in [1.165, 1.54) is 27.4 Å². The summed E-state index contributed by atoms with van der Waals surface area (Å²) in [6, 6.07) is 7.97. The highest BCUT2D eigenvalue weighted by Gasteiger charge is 2.38. The summed E-state index contributed by atoms with van der Waals surface area (Å²) in [7, 11) is -3.86. The standard InChI is InChI=1S/C27H30ClF2N9O4S/c28-23-11-17(27(29,30)22-15-34-21(14-35-22)26(41)33-6-5-31)12-24(36-23)37-7-9-38(10-8-37)44(42,43)20-3-1-19(2-4-20)39-16-18(32)13-25(39)40/h1-4,11-12,14-15,18H,5-10,13,16,31-32H2,(H,33,41)/t18-/m1/s1. The molecule has 0 bridgehead atoms. The Morgan fingerprint density at radius 1 is 1.09 bits per heavy atom. The van der Waals surface area contributed by atoms with E-state index < -0.39 is 33.1 Å². The van der Waals surface area contributed by atoms with Gasteiger partial charge in [0, 0.05) is 69.5 Å². The van der Waals surface area contributed by atoms with Crippen molar-refractivity contribution >= 4 is 44.9 Å². The second-order valence-electron chi connectivity index (χ2n) is 10.3. The third-order valence-electron chi connectivity index (χ3n) is 7.28. The van der Waals surface area contributed by atoms with Crippen LogP contribution in [-0.4, -0.2) is 91.3 Å². The molecule has 2 saturated heterocycles. The lowest BCUT2D eigenvalue weighted by molar-refractivity contribution is -0.117. The zero-order chi connectivity index (χ0) is 31.6. The molecule has 0 aliphatic carbocycles. The number of rotatable bonds is 9. The molecule has 3 aromatic rings. The van der Waals surface area contributed by atoms with Crippen LogP contribution in [0.4, 0.5) is 20.3 Å². The summed E-state index contributed by atoms with van der Waals surface area (Å²) in [6.07, 6.45) is 2.01. The molecule has 2 fully saturated rings. The Morgan fingerprint density at radius 2 is 1.80 bits per heavy atom. The quantitative estimate of drug-likeness (QED) is 0.282. The van der Waals surface area contributed by atoms with E-state index in [1.807, 2.05) is 0 Å². The van der Waals surface area contributed by atoms with Gasteiger partial charge in [-0.2, -0.15) is 13.1 Å². The van der Waals surface area contributed by atoms with Crippen LogP contribution in [0.2, 0.25) is 5.15 Å². The summed E-state index contributed by atoms with van der Waals surface area (Å²) < 4.78 is 58.9. The Morgan fingerprint density at radius 3 is 2.39 bits per heavy atom. The van der Waals surface area contributed by atoms with Gasteiger partial charge in [-0.3, -0.25) is 14.6 Å². The molecular formula is C27H30ClF2N9O4S. The summed E-state index contributed by atoms with van der Waals surface area (Å²) in [5.74, 6) is -4.18. The number of nitrogens with two attached hydrogens (primary N) is 2. The van der Waals surface area contributed by atoms with Gasteiger partial charge in [-0.1, -0.05) is 11.6 Å². The smallest absolute Gasteiger partial charge is 0.316 e. The van der Waals surface area contributed by atoms with Crippen LogP contribution < -0.4 is 26.6 Å². The van der Waals surface area contributed by atoms with Crippen LogP contribution in [0.3, 0.4) is 0 Å². The van der Waals surface area contributed by atoms with Crippen LogP contribution in [-0.2, 0) is 20.7 Å². The molecule has 2 aliphatic rings. The lowest BCUT2D eigenvalue weighted by atomic mass is 10.1. The van der Waals surface area contributed by atoms with Gasteiger partial charge < -0.3 is 26.6 Å². The van der Waals surface area contributed by atoms with Gasteiger partial charge >= 0.3 is 5.92 Å². The van der Waals surface area contributed by atoms with E-state index in [4.69, 9.17) is 23.1 Å². The molecule has 2 aliphatic heterocycles. The van der Waals surface area contributed by atoms with Crippen molar-refractivity contribution in [3.05, 3.63) is 70.9 Å². The van der Waals surface area contributed by atoms with E-state index in [2.05, 4.69) is 20.3 Å². The maximum absolute atomic E-state index is 15.5. The number of hydrogen-bond acceptors (Lipinski definition) is 10. The van der Waals surface area contributed by atoms with E-state index in [9.17, 15) is 18.0 Å². The fraction of sp³-hybridized carbons (Fsp3) is 0.370. The molecule has 2 amide bonds. The average Bonchev–Trinajstić information content (AvgIpc) is 3.37. The van der Waals surface area contributed by atoms with Gasteiger partial charge in [0.25, 0.3) is 5.91 Å². The van der Waals surface area contributed by atoms with Crippen molar-refractivity contribution < 1.29 is 26.8 Å². The lowest BCUT2D eigenvalue weighted by Crippen LogP contribution is -2.49. The van der Waals surface area contributed by atoms with E-state index in [1.54, 1.807) is 17.0 Å². The molecule has 5 N–H and O–H groups in total. The molecule has 44 heavy (non-hydrogen) atoms. The van der Waals surface area contributed by atoms with Crippen LogP contribution in [0, 0.1) is 0 Å². The second-order valence-corrected chi connectivity index (χ2v) is 12.6. The number of hydrogen-bond donors (Lipinski definition) is 3. The summed E-state index contributed by atoms with van der Waals surface area (Å²) in [6.45, 7) is 1.25. The van der Waals surface area contributed by atoms with E-state index in [0.29, 0.717) is 12.2 Å². The highest BCUT2D eigenvalue weighted by atomic mass is 35.5. The van der Waals surface area contributed by atoms with E-state index in [-0.39, 0.29) is 79.2 Å². The predicted molar refractivity (Wildman–Crippen MR) is 158 cm³/mol. The number of nitrogens with zero attached hydrogens (tertiary/aromatic N) is 6. The maximum atomic E-state index is 15.5. The number of piperazine rings is 1. The molecular weight excluding hydrogens is 620 g/mol. The first-order valence-corrected chi connectivity index (χ1v) is 15.5. The van der Waals surface area contributed by atoms with Crippen LogP contribution in [0.15, 0.2) is 53.7 Å². The van der Waals surface area contributed by atoms with Crippen LogP contribution in [0.25, 0.3) is 0 Å². The Balaban J connectivity index is 1.27. The van der Waals surface area contributed by atoms with Crippen molar-refractivity contribution in [3.8, 4) is 0 Å². The minimum Gasteiger partial charge on any atom is -0.354 e. The molecule has 1 atom stereocenters. The average molecular weight is 650 g/mol. The molecule has 0 spiro atoms. The van der Waals surface area contributed by atoms with Crippen LogP contribution in [0.1, 0.15) is 28.2 Å². The SMILES string of the molecule is NCCNC(=O)c1cnc(C(F)(F)c2cc(Cl)nc(N3CCN(S(=O)(=O)c4ccc(N5C[C@H](N)CC5=O)cc4)CC3)c2)cn1. The first-order chi connectivity index (χ1) is 20.9. The molecule has 13 nitrogen and oxygen atoms in total. The number of benzene rings is 1. The van der Waals surface area contributed by atoms with Crippen molar-refractivity contribution in [2.24, 2.45) is 11.5 Å². The van der Waals surface area contributed by atoms with Gasteiger partial charge in [-0.05, 0) is 36.4 Å². The topological polar surface area (TPSA) is 181 Å². The van der Waals surface area contributed by atoms with Gasteiger partial charge in [0.1, 0.15) is 22.4 Å². The van der Waals surface area contributed by atoms with E-state index in [0.717, 1.165) is 18.5 Å². The minimum absolute atomic E-state index is 0.0671. The number of amides is 2. The summed E-state index contributed by atoms with van der Waals surface area (Å²) in [4.78, 5) is 39.1. The van der Waals surface area contributed by atoms with Crippen molar-refractivity contribution in [1.29, 1.82) is 0 Å². The Hall–Kier alpha value is -3.83. The molecule has 1 aromatic carbocycles. The largest absolute Gasteiger partial charge is 0.354 e. The number of carbonyl (C=O) groups excluding carboxylic acids is 2. The Kier molecular flexibility index (Phi) is 9.08. The maximum Gasteiger partial charge on any atom is 0.316 e. The van der Waals surface area contributed by atoms with Gasteiger partial charge in [0.2, 0.25) is 15.9 Å². The van der Waals surface area contributed by atoms with Gasteiger partial charge in [0.05, 0.1) is 17.3 Å². The van der Waals surface area contributed by atoms with Crippen molar-refractivity contribution in [3.63, 3.8) is 0 Å². The highest BCUT2D eigenvalue weighted by molar-refractivity contribution is 7.89. The molecule has 17 heteroatoms. The fourth-order valence-corrected chi connectivity index (χ4v) is 6.57. The number of anilines is 2. The van der Waals surface area contributed by atoms with Gasteiger partial charge in [-0.15, -0.1) is 0 Å². The highest BCUT2D eigenvalue weighted by Crippen LogP contribution is 2.37. The van der Waals surface area contributed by atoms with Gasteiger partial charge in [0.15, 0.2) is 0 Å². The van der Waals surface area contributed by atoms with Crippen molar-refractivity contribution in [2.45, 2.75) is 23.3 Å². The number of aromatic nitrogens is 3. The third-order valence-corrected chi connectivity index (χ3v) is 9.39. The van der Waals surface area contributed by atoms with Crippen molar-refractivity contribution in [2.75, 3.05) is 55.6 Å². The summed E-state index contributed by atoms with van der Waals surface area (Å²) in [5, 5.41) is 2.30. The molecule has 0 saturated carbocycles. The molecule has 2 aromatic heterocycles. The minimum atomic E-state index is -3.86. The first kappa shape index (κ1) is 31.6. The first-order valence-electron chi connectivity index (χ1n) is 13.7. The molecule has 0 radical (unpaired) electrons. The monoisotopic (exact) mass is 649 g/mol. The third kappa shape index (κ3) is 6.49. The van der Waals surface area contributed by atoms with Crippen LogP contribution >= 0.6 is 11.6 Å². The number of carbonyl (C=O) groups is 2. The number of halogens is 3. The summed E-state index contributed by atoms with van der Waals surface area (Å²) in [5.41, 5.74) is 10.4. The Bertz CT molecular complexity index is 1640. The molecule has 234 valence electrons. The molecule has 0 unspecified atom stereocenters. The predicted octanol–water partition coefficient (Wildman–Crippen LogP) is 0.929. The number of sulfonamides is 1. The van der Waals surface area contributed by atoms with Gasteiger partial charge in [-0.25, -0.2) is 18.4 Å². The molecule has 5 rings (SSSR count). The lowest BCUT2D eigenvalue weighted by Gasteiger charge is -2.35. The number of nitrogens with one attached hydrogen (secondary N) is 1. The number of alkyl halides is 2. The summed E-state index contributed by atoms with van der Waals surface area (Å²) >= 11 is 6.13. The van der Waals surface area contributed by atoms with Crippen molar-refractivity contribution in [1.82, 2.24) is 24.6 Å². The van der Waals surface area contributed by atoms with E-state index >= 15 is 8.78 Å². The number of pyridine rings is 1. The normalized spacial score (nSPS) is 18.1. The Labute approximate surface area is 257 Å². The zero-order valence-electron chi connectivity index (χ0n) is 23.4. The fourth-order valence-electron chi connectivity index (χ4n) is 4.95.